The molecular formula is C31H37Cl2N3O4S. The van der Waals surface area contributed by atoms with Crippen molar-refractivity contribution in [2.24, 2.45) is 5.92 Å². The van der Waals surface area contributed by atoms with E-state index in [-0.39, 0.29) is 23.3 Å². The van der Waals surface area contributed by atoms with Gasteiger partial charge in [-0.15, -0.1) is 0 Å². The second-order valence-corrected chi connectivity index (χ2v) is 13.4. The smallest absolute Gasteiger partial charge is 0.264 e. The molecule has 0 radical (unpaired) electrons. The summed E-state index contributed by atoms with van der Waals surface area (Å²) < 4.78 is 29.1. The zero-order chi connectivity index (χ0) is 30.5. The lowest BCUT2D eigenvalue weighted by atomic mass is 10.1. The average Bonchev–Trinajstić information content (AvgIpc) is 2.91. The first-order valence-electron chi connectivity index (χ1n) is 13.4. The standard InChI is InChI=1S/C31H37Cl2N3O4S/c1-20(2)17-34-31(38)24(6)35(18-25-10-13-27(32)28(33)16-25)30(37)19-36(29-14-9-22(4)15-23(29)5)41(39,40)26-11-7-21(3)8-12-26/h7-16,20,24H,17-19H2,1-6H3,(H,34,38)/t24-/m0/s1. The van der Waals surface area contributed by atoms with E-state index in [2.05, 4.69) is 5.32 Å². The quantitative estimate of drug-likeness (QED) is 0.273. The predicted molar refractivity (Wildman–Crippen MR) is 166 cm³/mol. The number of nitrogens with zero attached hydrogens (tertiary/aromatic N) is 2. The number of hydrogen-bond donors (Lipinski definition) is 1. The number of nitrogens with one attached hydrogen (secondary N) is 1. The third kappa shape index (κ3) is 8.24. The third-order valence-corrected chi connectivity index (χ3v) is 9.21. The zero-order valence-corrected chi connectivity index (χ0v) is 26.6. The van der Waals surface area contributed by atoms with Crippen molar-refractivity contribution in [3.63, 3.8) is 0 Å². The summed E-state index contributed by atoms with van der Waals surface area (Å²) in [5, 5.41) is 3.55. The molecule has 220 valence electrons. The van der Waals surface area contributed by atoms with Gasteiger partial charge in [-0.1, -0.05) is 78.5 Å². The van der Waals surface area contributed by atoms with Crippen LogP contribution in [-0.2, 0) is 26.2 Å². The average molecular weight is 619 g/mol. The summed E-state index contributed by atoms with van der Waals surface area (Å²) in [4.78, 5) is 28.6. The van der Waals surface area contributed by atoms with Crippen LogP contribution in [0.3, 0.4) is 0 Å². The third-order valence-electron chi connectivity index (χ3n) is 6.70. The van der Waals surface area contributed by atoms with E-state index in [0.29, 0.717) is 33.4 Å². The molecule has 0 fully saturated rings. The fraction of sp³-hybridized carbons (Fsp3) is 0.355. The van der Waals surface area contributed by atoms with E-state index in [0.717, 1.165) is 15.4 Å². The molecule has 41 heavy (non-hydrogen) atoms. The minimum absolute atomic E-state index is 0.0251. The lowest BCUT2D eigenvalue weighted by molar-refractivity contribution is -0.139. The molecule has 2 amide bonds. The molecule has 0 aliphatic carbocycles. The van der Waals surface area contributed by atoms with Gasteiger partial charge in [0.25, 0.3) is 10.0 Å². The molecule has 0 saturated heterocycles. The number of amides is 2. The Morgan fingerprint density at radius 1 is 0.854 bits per heavy atom. The number of anilines is 1. The summed E-state index contributed by atoms with van der Waals surface area (Å²) >= 11 is 12.3. The largest absolute Gasteiger partial charge is 0.354 e. The molecule has 10 heteroatoms. The number of hydrogen-bond acceptors (Lipinski definition) is 4. The summed E-state index contributed by atoms with van der Waals surface area (Å²) in [5.74, 6) is -0.671. The number of carbonyl (C=O) groups is 2. The predicted octanol–water partition coefficient (Wildman–Crippen LogP) is 6.30. The first kappa shape index (κ1) is 32.4. The van der Waals surface area contributed by atoms with Crippen molar-refractivity contribution in [2.45, 2.75) is 59.0 Å². The molecule has 0 spiro atoms. The molecule has 0 aromatic heterocycles. The molecule has 0 aliphatic heterocycles. The second-order valence-electron chi connectivity index (χ2n) is 10.7. The highest BCUT2D eigenvalue weighted by atomic mass is 35.5. The molecule has 3 aromatic rings. The molecule has 0 bridgehead atoms. The molecule has 0 unspecified atom stereocenters. The number of carbonyl (C=O) groups excluding carboxylic acids is 2. The van der Waals surface area contributed by atoms with Gasteiger partial charge >= 0.3 is 0 Å². The molecule has 3 aromatic carbocycles. The Hall–Kier alpha value is -3.07. The minimum atomic E-state index is -4.14. The summed E-state index contributed by atoms with van der Waals surface area (Å²) in [7, 11) is -4.14. The number of halogens is 2. The summed E-state index contributed by atoms with van der Waals surface area (Å²) in [6, 6.07) is 15.9. The number of aryl methyl sites for hydroxylation is 3. The van der Waals surface area contributed by atoms with Crippen molar-refractivity contribution in [2.75, 3.05) is 17.4 Å². The molecular weight excluding hydrogens is 581 g/mol. The van der Waals surface area contributed by atoms with Gasteiger partial charge in [-0.25, -0.2) is 8.42 Å². The van der Waals surface area contributed by atoms with Crippen LogP contribution in [0.25, 0.3) is 0 Å². The maximum absolute atomic E-state index is 14.1. The normalized spacial score (nSPS) is 12.2. The van der Waals surface area contributed by atoms with Crippen LogP contribution in [0.4, 0.5) is 5.69 Å². The molecule has 1 atom stereocenters. The van der Waals surface area contributed by atoms with E-state index in [1.165, 1.54) is 17.0 Å². The Kier molecular flexibility index (Phi) is 10.9. The first-order chi connectivity index (χ1) is 19.2. The summed E-state index contributed by atoms with van der Waals surface area (Å²) in [5.41, 5.74) is 3.60. The van der Waals surface area contributed by atoms with Gasteiger partial charge in [0.2, 0.25) is 11.8 Å². The Bertz CT molecular complexity index is 1510. The fourth-order valence-electron chi connectivity index (χ4n) is 4.31. The van der Waals surface area contributed by atoms with E-state index < -0.39 is 28.5 Å². The van der Waals surface area contributed by atoms with E-state index in [4.69, 9.17) is 23.2 Å². The Labute approximate surface area is 253 Å². The maximum atomic E-state index is 14.1. The topological polar surface area (TPSA) is 86.8 Å². The molecule has 7 nitrogen and oxygen atoms in total. The van der Waals surface area contributed by atoms with Crippen LogP contribution >= 0.6 is 23.2 Å². The van der Waals surface area contributed by atoms with Gasteiger partial charge < -0.3 is 10.2 Å². The Morgan fingerprint density at radius 2 is 1.49 bits per heavy atom. The highest BCUT2D eigenvalue weighted by Crippen LogP contribution is 2.29. The second kappa shape index (κ2) is 13.7. The Balaban J connectivity index is 2.06. The lowest BCUT2D eigenvalue weighted by Gasteiger charge is -2.32. The molecule has 0 aliphatic rings. The van der Waals surface area contributed by atoms with Crippen LogP contribution in [0.15, 0.2) is 65.6 Å². The fourth-order valence-corrected chi connectivity index (χ4v) is 6.11. The van der Waals surface area contributed by atoms with Crippen molar-refractivity contribution in [3.05, 3.63) is 93.0 Å². The van der Waals surface area contributed by atoms with Gasteiger partial charge in [0.15, 0.2) is 0 Å². The minimum Gasteiger partial charge on any atom is -0.354 e. The Morgan fingerprint density at radius 3 is 2.07 bits per heavy atom. The number of sulfonamides is 1. The van der Waals surface area contributed by atoms with E-state index in [9.17, 15) is 18.0 Å². The van der Waals surface area contributed by atoms with E-state index in [1.54, 1.807) is 56.3 Å². The maximum Gasteiger partial charge on any atom is 0.264 e. The van der Waals surface area contributed by atoms with Crippen molar-refractivity contribution < 1.29 is 18.0 Å². The van der Waals surface area contributed by atoms with Gasteiger partial charge in [0.05, 0.1) is 20.6 Å². The van der Waals surface area contributed by atoms with Gasteiger partial charge in [0, 0.05) is 13.1 Å². The molecule has 1 N–H and O–H groups in total. The van der Waals surface area contributed by atoms with Crippen molar-refractivity contribution in [1.29, 1.82) is 0 Å². The van der Waals surface area contributed by atoms with Gasteiger partial charge in [-0.3, -0.25) is 13.9 Å². The van der Waals surface area contributed by atoms with Gasteiger partial charge in [-0.2, -0.15) is 0 Å². The summed E-state index contributed by atoms with van der Waals surface area (Å²) in [6.45, 7) is 11.1. The number of rotatable bonds is 11. The molecule has 0 heterocycles. The van der Waals surface area contributed by atoms with Crippen LogP contribution in [0, 0.1) is 26.7 Å². The van der Waals surface area contributed by atoms with E-state index >= 15 is 0 Å². The van der Waals surface area contributed by atoms with Crippen molar-refractivity contribution in [1.82, 2.24) is 10.2 Å². The highest BCUT2D eigenvalue weighted by molar-refractivity contribution is 7.92. The highest BCUT2D eigenvalue weighted by Gasteiger charge is 2.33. The van der Waals surface area contributed by atoms with Crippen LogP contribution < -0.4 is 9.62 Å². The van der Waals surface area contributed by atoms with Crippen LogP contribution in [0.5, 0.6) is 0 Å². The summed E-state index contributed by atoms with van der Waals surface area (Å²) in [6.07, 6.45) is 0. The van der Waals surface area contributed by atoms with Gasteiger partial charge in [0.1, 0.15) is 12.6 Å². The van der Waals surface area contributed by atoms with E-state index in [1.807, 2.05) is 33.8 Å². The monoisotopic (exact) mass is 617 g/mol. The van der Waals surface area contributed by atoms with Crippen LogP contribution in [0.1, 0.15) is 43.0 Å². The van der Waals surface area contributed by atoms with Crippen molar-refractivity contribution >= 4 is 50.7 Å². The number of benzene rings is 3. The van der Waals surface area contributed by atoms with Crippen LogP contribution in [0.2, 0.25) is 10.0 Å². The van der Waals surface area contributed by atoms with Crippen LogP contribution in [-0.4, -0.2) is 44.3 Å². The SMILES string of the molecule is Cc1ccc(S(=O)(=O)N(CC(=O)N(Cc2ccc(Cl)c(Cl)c2)[C@@H](C)C(=O)NCC(C)C)c2ccc(C)cc2C)cc1. The molecule has 3 rings (SSSR count). The van der Waals surface area contributed by atoms with Crippen molar-refractivity contribution in [3.8, 4) is 0 Å². The first-order valence-corrected chi connectivity index (χ1v) is 15.6. The molecule has 0 saturated carbocycles. The zero-order valence-electron chi connectivity index (χ0n) is 24.2. The van der Waals surface area contributed by atoms with Gasteiger partial charge in [-0.05, 0) is 75.1 Å². The lowest BCUT2D eigenvalue weighted by Crippen LogP contribution is -2.51.